The largest absolute Gasteiger partial charge is 0.310 e. The van der Waals surface area contributed by atoms with Crippen molar-refractivity contribution in [2.75, 3.05) is 4.90 Å². The van der Waals surface area contributed by atoms with Crippen LogP contribution in [0.25, 0.3) is 82.5 Å². The van der Waals surface area contributed by atoms with Crippen LogP contribution in [0.1, 0.15) is 0 Å². The first-order chi connectivity index (χ1) is 27.8. The van der Waals surface area contributed by atoms with Gasteiger partial charge in [0.25, 0.3) is 0 Å². The van der Waals surface area contributed by atoms with Crippen LogP contribution in [0.5, 0.6) is 0 Å². The van der Waals surface area contributed by atoms with E-state index in [-0.39, 0.29) is 0 Å². The molecule has 56 heavy (non-hydrogen) atoms. The van der Waals surface area contributed by atoms with E-state index in [1.54, 1.807) is 0 Å². The van der Waals surface area contributed by atoms with Crippen molar-refractivity contribution in [1.29, 1.82) is 0 Å². The van der Waals surface area contributed by atoms with E-state index < -0.39 is 0 Å². The molecule has 0 bridgehead atoms. The lowest BCUT2D eigenvalue weighted by Gasteiger charge is -2.26. The van der Waals surface area contributed by atoms with E-state index in [4.69, 9.17) is 9.97 Å². The molecule has 0 N–H and O–H groups in total. The Morgan fingerprint density at radius 2 is 0.875 bits per heavy atom. The molecule has 9 aromatic carbocycles. The van der Waals surface area contributed by atoms with Crippen molar-refractivity contribution in [2.45, 2.75) is 0 Å². The van der Waals surface area contributed by atoms with Gasteiger partial charge in [0.05, 0.1) is 34.0 Å². The summed E-state index contributed by atoms with van der Waals surface area (Å²) in [4.78, 5) is 12.6. The maximum atomic E-state index is 5.24. The number of aromatic nitrogens is 3. The van der Waals surface area contributed by atoms with Gasteiger partial charge in [0.2, 0.25) is 0 Å². The van der Waals surface area contributed by atoms with Crippen LogP contribution in [0.3, 0.4) is 0 Å². The normalized spacial score (nSPS) is 11.6. The molecule has 0 aliphatic heterocycles. The standard InChI is InChI=1S/C52H34N4/c1-2-16-38(17-3-1)55(39-30-28-35(29-31-39)48-34-53-51-46-24-6-4-20-42(46)43-21-5-7-25-47(43)52(51)54-48)40-18-12-14-36(32-40)37-15-13-19-41(33-37)56-49-26-10-8-22-44(49)45-23-9-11-27-50(45)56/h1-34H. The maximum Gasteiger partial charge on any atom is 0.0979 e. The quantitative estimate of drug-likeness (QED) is 0.161. The van der Waals surface area contributed by atoms with Crippen LogP contribution in [-0.2, 0) is 0 Å². The molecule has 4 nitrogen and oxygen atoms in total. The van der Waals surface area contributed by atoms with E-state index in [1.807, 2.05) is 6.20 Å². The minimum atomic E-state index is 0.848. The second kappa shape index (κ2) is 13.1. The third kappa shape index (κ3) is 5.23. The van der Waals surface area contributed by atoms with E-state index in [9.17, 15) is 0 Å². The molecule has 0 aliphatic carbocycles. The zero-order valence-corrected chi connectivity index (χ0v) is 30.4. The Bertz CT molecular complexity index is 3170. The average Bonchev–Trinajstić information content (AvgIpc) is 3.62. The molecule has 0 radical (unpaired) electrons. The molecular formula is C52H34N4. The topological polar surface area (TPSA) is 34.0 Å². The van der Waals surface area contributed by atoms with Crippen molar-refractivity contribution < 1.29 is 0 Å². The third-order valence-corrected chi connectivity index (χ3v) is 11.0. The summed E-state index contributed by atoms with van der Waals surface area (Å²) in [6.07, 6.45) is 1.91. The van der Waals surface area contributed by atoms with Crippen molar-refractivity contribution >= 4 is 71.4 Å². The van der Waals surface area contributed by atoms with Gasteiger partial charge in [-0.25, -0.2) is 4.98 Å². The van der Waals surface area contributed by atoms with E-state index in [1.165, 1.54) is 32.6 Å². The van der Waals surface area contributed by atoms with Crippen LogP contribution in [-0.4, -0.2) is 14.5 Å². The Labute approximate surface area is 324 Å². The van der Waals surface area contributed by atoms with Crippen LogP contribution < -0.4 is 4.90 Å². The highest BCUT2D eigenvalue weighted by Crippen LogP contribution is 2.39. The highest BCUT2D eigenvalue weighted by atomic mass is 15.1. The Morgan fingerprint density at radius 1 is 0.357 bits per heavy atom. The van der Waals surface area contributed by atoms with Gasteiger partial charge in [-0.2, -0.15) is 0 Å². The molecule has 0 unspecified atom stereocenters. The van der Waals surface area contributed by atoms with Crippen LogP contribution in [0.2, 0.25) is 0 Å². The number of anilines is 3. The molecule has 11 aromatic rings. The fourth-order valence-electron chi connectivity index (χ4n) is 8.42. The van der Waals surface area contributed by atoms with Gasteiger partial charge in [-0.3, -0.25) is 4.98 Å². The second-order valence-electron chi connectivity index (χ2n) is 14.2. The fourth-order valence-corrected chi connectivity index (χ4v) is 8.42. The predicted molar refractivity (Wildman–Crippen MR) is 234 cm³/mol. The van der Waals surface area contributed by atoms with Gasteiger partial charge in [0.1, 0.15) is 0 Å². The molecule has 4 heteroatoms. The van der Waals surface area contributed by atoms with Crippen molar-refractivity contribution in [2.24, 2.45) is 0 Å². The van der Waals surface area contributed by atoms with Gasteiger partial charge in [0, 0.05) is 49.9 Å². The first-order valence-corrected chi connectivity index (χ1v) is 19.0. The van der Waals surface area contributed by atoms with Gasteiger partial charge >= 0.3 is 0 Å². The Kier molecular flexibility index (Phi) is 7.46. The molecule has 0 amide bonds. The minimum absolute atomic E-state index is 0.848. The van der Waals surface area contributed by atoms with E-state index in [2.05, 4.69) is 210 Å². The van der Waals surface area contributed by atoms with E-state index in [0.29, 0.717) is 0 Å². The van der Waals surface area contributed by atoms with Crippen LogP contribution >= 0.6 is 0 Å². The summed E-state index contributed by atoms with van der Waals surface area (Å²) in [6.45, 7) is 0. The van der Waals surface area contributed by atoms with Crippen molar-refractivity contribution in [3.05, 3.63) is 206 Å². The lowest BCUT2D eigenvalue weighted by atomic mass is 9.99. The highest BCUT2D eigenvalue weighted by Gasteiger charge is 2.17. The summed E-state index contributed by atoms with van der Waals surface area (Å²) >= 11 is 0. The highest BCUT2D eigenvalue weighted by molar-refractivity contribution is 6.23. The molecule has 0 saturated carbocycles. The lowest BCUT2D eigenvalue weighted by Crippen LogP contribution is -2.09. The third-order valence-electron chi connectivity index (χ3n) is 11.0. The summed E-state index contributed by atoms with van der Waals surface area (Å²) < 4.78 is 2.38. The van der Waals surface area contributed by atoms with Crippen molar-refractivity contribution in [3.8, 4) is 28.1 Å². The molecule has 2 aromatic heterocycles. The van der Waals surface area contributed by atoms with Crippen LogP contribution in [0.15, 0.2) is 206 Å². The second-order valence-corrected chi connectivity index (χ2v) is 14.2. The minimum Gasteiger partial charge on any atom is -0.310 e. The summed E-state index contributed by atoms with van der Waals surface area (Å²) in [5.74, 6) is 0. The zero-order chi connectivity index (χ0) is 37.0. The van der Waals surface area contributed by atoms with Gasteiger partial charge in [-0.1, -0.05) is 140 Å². The Hall–Kier alpha value is -7.56. The number of fused-ring (bicyclic) bond motifs is 9. The lowest BCUT2D eigenvalue weighted by molar-refractivity contribution is 1.18. The van der Waals surface area contributed by atoms with E-state index in [0.717, 1.165) is 66.9 Å². The number of para-hydroxylation sites is 3. The Morgan fingerprint density at radius 3 is 1.55 bits per heavy atom. The molecule has 0 fully saturated rings. The van der Waals surface area contributed by atoms with Gasteiger partial charge in [-0.05, 0) is 82.6 Å². The SMILES string of the molecule is c1ccc(N(c2ccc(-c3cnc4c5ccccc5c5ccccc5c4n3)cc2)c2cccc(-c3cccc(-n4c5ccccc5c5ccccc54)c3)c2)cc1. The summed E-state index contributed by atoms with van der Waals surface area (Å²) in [5.41, 5.74) is 12.8. The average molecular weight is 715 g/mol. The molecule has 0 aliphatic rings. The van der Waals surface area contributed by atoms with Crippen molar-refractivity contribution in [1.82, 2.24) is 14.5 Å². The molecular weight excluding hydrogens is 681 g/mol. The van der Waals surface area contributed by atoms with Gasteiger partial charge < -0.3 is 9.47 Å². The smallest absolute Gasteiger partial charge is 0.0979 e. The number of hydrogen-bond donors (Lipinski definition) is 0. The Balaban J connectivity index is 0.985. The van der Waals surface area contributed by atoms with Gasteiger partial charge in [-0.15, -0.1) is 0 Å². The molecule has 0 saturated heterocycles. The number of benzene rings is 9. The number of rotatable bonds is 6. The summed E-state index contributed by atoms with van der Waals surface area (Å²) in [5, 5.41) is 7.14. The van der Waals surface area contributed by atoms with Gasteiger partial charge in [0.15, 0.2) is 0 Å². The first-order valence-electron chi connectivity index (χ1n) is 19.0. The zero-order valence-electron chi connectivity index (χ0n) is 30.4. The van der Waals surface area contributed by atoms with Crippen LogP contribution in [0, 0.1) is 0 Å². The number of nitrogens with zero attached hydrogens (tertiary/aromatic N) is 4. The fraction of sp³-hybridized carbons (Fsp3) is 0. The first kappa shape index (κ1) is 31.9. The monoisotopic (exact) mass is 714 g/mol. The molecule has 262 valence electrons. The van der Waals surface area contributed by atoms with E-state index >= 15 is 0 Å². The predicted octanol–water partition coefficient (Wildman–Crippen LogP) is 13.8. The number of hydrogen-bond acceptors (Lipinski definition) is 3. The molecule has 0 spiro atoms. The maximum absolute atomic E-state index is 5.24. The summed E-state index contributed by atoms with van der Waals surface area (Å²) in [6, 6.07) is 71.2. The molecule has 0 atom stereocenters. The molecule has 11 rings (SSSR count). The summed E-state index contributed by atoms with van der Waals surface area (Å²) in [7, 11) is 0. The van der Waals surface area contributed by atoms with Crippen LogP contribution in [0.4, 0.5) is 17.1 Å². The van der Waals surface area contributed by atoms with Crippen molar-refractivity contribution in [3.63, 3.8) is 0 Å². The molecule has 2 heterocycles.